The van der Waals surface area contributed by atoms with Crippen LogP contribution < -0.4 is 18.8 Å². The van der Waals surface area contributed by atoms with Gasteiger partial charge in [-0.15, -0.1) is 0 Å². The fraction of sp³-hybridized carbons (Fsp3) is 0.167. The van der Waals surface area contributed by atoms with E-state index < -0.39 is 11.9 Å². The van der Waals surface area contributed by atoms with Crippen LogP contribution in [-0.2, 0) is 6.54 Å². The first-order valence-electron chi connectivity index (χ1n) is 11.7. The predicted molar refractivity (Wildman–Crippen MR) is 136 cm³/mol. The summed E-state index contributed by atoms with van der Waals surface area (Å²) >= 11 is 0. The van der Waals surface area contributed by atoms with Gasteiger partial charge in [0.15, 0.2) is 18.9 Å². The molecule has 1 heterocycles. The van der Waals surface area contributed by atoms with E-state index in [1.54, 1.807) is 48.5 Å². The summed E-state index contributed by atoms with van der Waals surface area (Å²) in [5, 5.41) is 0. The number of esters is 2. The Labute approximate surface area is 210 Å². The molecule has 4 rings (SSSR count). The van der Waals surface area contributed by atoms with Gasteiger partial charge < -0.3 is 14.2 Å². The molecule has 0 bridgehead atoms. The lowest BCUT2D eigenvalue weighted by molar-refractivity contribution is -0.697. The van der Waals surface area contributed by atoms with Crippen LogP contribution in [-0.4, -0.2) is 18.5 Å². The molecular weight excluding hydrogens is 454 g/mol. The zero-order valence-electron chi connectivity index (χ0n) is 20.6. The second kappa shape index (κ2) is 11.3. The maximum Gasteiger partial charge on any atom is 0.343 e. The van der Waals surface area contributed by atoms with E-state index in [2.05, 4.69) is 0 Å². The Kier molecular flexibility index (Phi) is 7.75. The summed E-state index contributed by atoms with van der Waals surface area (Å²) in [4.78, 5) is 25.2. The topological polar surface area (TPSA) is 65.7 Å². The van der Waals surface area contributed by atoms with Crippen LogP contribution in [0, 0.1) is 20.8 Å². The van der Waals surface area contributed by atoms with E-state index in [1.165, 1.54) is 0 Å². The van der Waals surface area contributed by atoms with Crippen molar-refractivity contribution in [2.45, 2.75) is 27.3 Å². The summed E-state index contributed by atoms with van der Waals surface area (Å²) in [6.45, 7) is 6.84. The summed E-state index contributed by atoms with van der Waals surface area (Å²) in [5.41, 5.74) is 3.39. The van der Waals surface area contributed by atoms with Gasteiger partial charge in [0.2, 0.25) is 0 Å². The summed E-state index contributed by atoms with van der Waals surface area (Å²) in [6, 6.07) is 23.2. The van der Waals surface area contributed by atoms with Crippen molar-refractivity contribution < 1.29 is 28.4 Å². The van der Waals surface area contributed by atoms with Gasteiger partial charge in [0.05, 0.1) is 11.1 Å². The molecule has 0 saturated heterocycles. The minimum Gasteiger partial charge on any atom is -0.487 e. The number of benzene rings is 3. The Morgan fingerprint density at radius 1 is 0.667 bits per heavy atom. The minimum atomic E-state index is -0.478. The summed E-state index contributed by atoms with van der Waals surface area (Å²) in [7, 11) is 0. The van der Waals surface area contributed by atoms with Crippen molar-refractivity contribution in [1.82, 2.24) is 0 Å². The molecule has 0 atom stereocenters. The lowest BCUT2D eigenvalue weighted by Crippen LogP contribution is -2.35. The van der Waals surface area contributed by atoms with Crippen molar-refractivity contribution >= 4 is 11.9 Å². The Morgan fingerprint density at radius 3 is 1.69 bits per heavy atom. The fourth-order valence-electron chi connectivity index (χ4n) is 3.54. The van der Waals surface area contributed by atoms with Crippen LogP contribution in [0.2, 0.25) is 0 Å². The van der Waals surface area contributed by atoms with Gasteiger partial charge in [0.25, 0.3) is 0 Å². The van der Waals surface area contributed by atoms with Gasteiger partial charge in [-0.1, -0.05) is 23.8 Å². The van der Waals surface area contributed by atoms with Gasteiger partial charge in [-0.05, 0) is 80.4 Å². The largest absolute Gasteiger partial charge is 0.487 e. The molecule has 3 aromatic carbocycles. The zero-order chi connectivity index (χ0) is 25.5. The van der Waals surface area contributed by atoms with E-state index in [-0.39, 0.29) is 0 Å². The molecule has 36 heavy (non-hydrogen) atoms. The molecule has 0 N–H and O–H groups in total. The second-order valence-corrected chi connectivity index (χ2v) is 8.44. The van der Waals surface area contributed by atoms with Gasteiger partial charge in [0.1, 0.15) is 23.9 Å². The standard InChI is InChI=1S/C30H28NO5/c1-21-7-9-24(10-8-21)29(32)35-27-15-16-28(23(3)22(27)2)36-30(33)25-11-13-26(14-12-25)34-20-19-31-17-5-4-6-18-31/h4-18H,19-20H2,1-3H3/q+1. The Balaban J connectivity index is 1.35. The molecular formula is C30H28NO5+. The molecule has 0 unspecified atom stereocenters. The highest BCUT2D eigenvalue weighted by molar-refractivity contribution is 5.92. The van der Waals surface area contributed by atoms with Gasteiger partial charge in [0, 0.05) is 12.1 Å². The summed E-state index contributed by atoms with van der Waals surface area (Å²) in [6.07, 6.45) is 3.96. The Morgan fingerprint density at radius 2 is 1.17 bits per heavy atom. The van der Waals surface area contributed by atoms with Crippen molar-refractivity contribution in [3.8, 4) is 17.2 Å². The molecule has 0 radical (unpaired) electrons. The smallest absolute Gasteiger partial charge is 0.343 e. The lowest BCUT2D eigenvalue weighted by atomic mass is 10.1. The number of pyridine rings is 1. The molecule has 6 nitrogen and oxygen atoms in total. The number of nitrogens with zero attached hydrogens (tertiary/aromatic N) is 1. The van der Waals surface area contributed by atoms with E-state index in [9.17, 15) is 9.59 Å². The van der Waals surface area contributed by atoms with Gasteiger partial charge in [-0.3, -0.25) is 0 Å². The van der Waals surface area contributed by atoms with E-state index in [0.717, 1.165) is 23.2 Å². The number of rotatable bonds is 8. The van der Waals surface area contributed by atoms with Crippen molar-refractivity contribution in [3.05, 3.63) is 119 Å². The Hall–Kier alpha value is -4.45. The third kappa shape index (κ3) is 6.16. The van der Waals surface area contributed by atoms with Crippen molar-refractivity contribution in [2.75, 3.05) is 6.61 Å². The van der Waals surface area contributed by atoms with Crippen LogP contribution in [0.3, 0.4) is 0 Å². The molecule has 0 fully saturated rings. The zero-order valence-corrected chi connectivity index (χ0v) is 20.6. The molecule has 6 heteroatoms. The highest BCUT2D eigenvalue weighted by Gasteiger charge is 2.16. The van der Waals surface area contributed by atoms with Crippen LogP contribution in [0.1, 0.15) is 37.4 Å². The molecule has 0 saturated carbocycles. The number of hydrogen-bond acceptors (Lipinski definition) is 5. The van der Waals surface area contributed by atoms with E-state index >= 15 is 0 Å². The molecule has 0 amide bonds. The number of hydrogen-bond donors (Lipinski definition) is 0. The minimum absolute atomic E-state index is 0.409. The SMILES string of the molecule is Cc1ccc(C(=O)Oc2ccc(OC(=O)c3ccc(OCC[n+]4ccccc4)cc3)c(C)c2C)cc1. The molecule has 0 aliphatic carbocycles. The monoisotopic (exact) mass is 482 g/mol. The number of carbonyl (C=O) groups excluding carboxylic acids is 2. The number of ether oxygens (including phenoxy) is 3. The molecule has 0 aliphatic rings. The fourth-order valence-corrected chi connectivity index (χ4v) is 3.54. The third-order valence-electron chi connectivity index (χ3n) is 5.87. The van der Waals surface area contributed by atoms with E-state index in [4.69, 9.17) is 14.2 Å². The quantitative estimate of drug-likeness (QED) is 0.191. The molecule has 0 aliphatic heterocycles. The highest BCUT2D eigenvalue weighted by atomic mass is 16.5. The predicted octanol–water partition coefficient (Wildman–Crippen LogP) is 5.42. The maximum absolute atomic E-state index is 12.7. The lowest BCUT2D eigenvalue weighted by Gasteiger charge is -2.14. The third-order valence-corrected chi connectivity index (χ3v) is 5.87. The first-order chi connectivity index (χ1) is 17.4. The average Bonchev–Trinajstić information content (AvgIpc) is 2.90. The molecule has 182 valence electrons. The first kappa shape index (κ1) is 24.7. The number of carbonyl (C=O) groups is 2. The highest BCUT2D eigenvalue weighted by Crippen LogP contribution is 2.30. The van der Waals surface area contributed by atoms with Crippen LogP contribution in [0.15, 0.2) is 91.3 Å². The van der Waals surface area contributed by atoms with Crippen LogP contribution >= 0.6 is 0 Å². The van der Waals surface area contributed by atoms with Crippen LogP contribution in [0.5, 0.6) is 17.2 Å². The summed E-state index contributed by atoms with van der Waals surface area (Å²) < 4.78 is 19.0. The maximum atomic E-state index is 12.7. The number of aromatic nitrogens is 1. The normalized spacial score (nSPS) is 10.5. The van der Waals surface area contributed by atoms with Crippen molar-refractivity contribution in [1.29, 1.82) is 0 Å². The van der Waals surface area contributed by atoms with E-state index in [1.807, 2.05) is 68.1 Å². The van der Waals surface area contributed by atoms with Gasteiger partial charge >= 0.3 is 11.9 Å². The van der Waals surface area contributed by atoms with Crippen molar-refractivity contribution in [2.24, 2.45) is 0 Å². The summed E-state index contributed by atoms with van der Waals surface area (Å²) in [5.74, 6) is 0.593. The van der Waals surface area contributed by atoms with Crippen LogP contribution in [0.25, 0.3) is 0 Å². The first-order valence-corrected chi connectivity index (χ1v) is 11.7. The van der Waals surface area contributed by atoms with Gasteiger partial charge in [-0.25, -0.2) is 14.2 Å². The van der Waals surface area contributed by atoms with Crippen LogP contribution in [0.4, 0.5) is 0 Å². The molecule has 0 spiro atoms. The number of aryl methyl sites for hydroxylation is 1. The second-order valence-electron chi connectivity index (χ2n) is 8.44. The van der Waals surface area contributed by atoms with Crippen molar-refractivity contribution in [3.63, 3.8) is 0 Å². The Bertz CT molecular complexity index is 1350. The molecule has 1 aromatic heterocycles. The molecule has 4 aromatic rings. The van der Waals surface area contributed by atoms with Gasteiger partial charge in [-0.2, -0.15) is 0 Å². The average molecular weight is 483 g/mol. The van der Waals surface area contributed by atoms with E-state index in [0.29, 0.717) is 35.0 Å².